The van der Waals surface area contributed by atoms with E-state index in [-0.39, 0.29) is 17.0 Å². The van der Waals surface area contributed by atoms with Crippen molar-refractivity contribution in [2.24, 2.45) is 4.99 Å². The van der Waals surface area contributed by atoms with Crippen molar-refractivity contribution in [2.75, 3.05) is 26.3 Å². The summed E-state index contributed by atoms with van der Waals surface area (Å²) < 4.78 is 11.8. The fourth-order valence-electron chi connectivity index (χ4n) is 5.32. The number of rotatable bonds is 8. The van der Waals surface area contributed by atoms with Gasteiger partial charge >= 0.3 is 5.97 Å². The Morgan fingerprint density at radius 3 is 2.12 bits per heavy atom. The van der Waals surface area contributed by atoms with Gasteiger partial charge in [0.15, 0.2) is 12.1 Å². The number of thioether (sulfide) groups is 1. The zero-order chi connectivity index (χ0) is 27.5. The van der Waals surface area contributed by atoms with Crippen molar-refractivity contribution in [3.05, 3.63) is 119 Å². The highest BCUT2D eigenvalue weighted by molar-refractivity contribution is 8.14. The summed E-state index contributed by atoms with van der Waals surface area (Å²) in [5, 5.41) is 0.636. The SMILES string of the molecule is C/C(=C(\C(=O)OC(c1ccccc1)c1ccccc1)N1C(=O)[C@H]2N=C(Cc3ccccc3)S[C@H]21)N1CCOCC1. The van der Waals surface area contributed by atoms with Gasteiger partial charge in [-0.15, -0.1) is 0 Å². The summed E-state index contributed by atoms with van der Waals surface area (Å²) in [5.74, 6) is -0.693. The summed E-state index contributed by atoms with van der Waals surface area (Å²) in [6.45, 7) is 4.31. The molecule has 40 heavy (non-hydrogen) atoms. The second-order valence-corrected chi connectivity index (χ2v) is 11.2. The average molecular weight is 554 g/mol. The Kier molecular flexibility index (Phi) is 7.71. The molecule has 3 heterocycles. The smallest absolute Gasteiger partial charge is 0.357 e. The number of likely N-dealkylation sites (tertiary alicyclic amines) is 1. The number of amides is 1. The lowest BCUT2D eigenvalue weighted by molar-refractivity contribution is -0.153. The molecular formula is C32H31N3O4S. The molecule has 3 aliphatic heterocycles. The average Bonchev–Trinajstić information content (AvgIpc) is 3.38. The zero-order valence-electron chi connectivity index (χ0n) is 22.3. The van der Waals surface area contributed by atoms with Crippen LogP contribution in [0.5, 0.6) is 0 Å². The number of carbonyl (C=O) groups excluding carboxylic acids is 2. The first-order valence-corrected chi connectivity index (χ1v) is 14.4. The lowest BCUT2D eigenvalue weighted by Gasteiger charge is -2.43. The van der Waals surface area contributed by atoms with E-state index in [0.717, 1.165) is 27.4 Å². The fraction of sp³-hybridized carbons (Fsp3) is 0.281. The first kappa shape index (κ1) is 26.3. The third-order valence-electron chi connectivity index (χ3n) is 7.44. The molecule has 3 aromatic rings. The standard InChI is InChI=1S/C32H31N3O4S/c1-22(34-17-19-38-20-18-34)28(32(37)39-29(24-13-7-3-8-14-24)25-15-9-4-10-16-25)35-30(36)27-31(35)40-26(33-27)21-23-11-5-2-6-12-23/h2-16,27,29,31H,17-21H2,1H3/b28-22-/t27-,31-/m1/s1. The van der Waals surface area contributed by atoms with Crippen LogP contribution in [0, 0.1) is 0 Å². The van der Waals surface area contributed by atoms with Crippen LogP contribution in [-0.4, -0.2) is 64.4 Å². The minimum Gasteiger partial charge on any atom is -0.448 e. The van der Waals surface area contributed by atoms with E-state index in [4.69, 9.17) is 14.5 Å². The van der Waals surface area contributed by atoms with Crippen LogP contribution in [0.3, 0.4) is 0 Å². The topological polar surface area (TPSA) is 71.4 Å². The number of allylic oxidation sites excluding steroid dienone is 1. The minimum absolute atomic E-state index is 0.170. The molecular weight excluding hydrogens is 522 g/mol. The maximum absolute atomic E-state index is 14.1. The number of carbonyl (C=O) groups is 2. The van der Waals surface area contributed by atoms with Crippen molar-refractivity contribution < 1.29 is 19.1 Å². The molecule has 2 atom stereocenters. The summed E-state index contributed by atoms with van der Waals surface area (Å²) in [6.07, 6.45) is 0.0473. The van der Waals surface area contributed by atoms with Crippen molar-refractivity contribution in [2.45, 2.75) is 30.9 Å². The first-order chi connectivity index (χ1) is 19.6. The number of esters is 1. The van der Waals surface area contributed by atoms with Gasteiger partial charge in [-0.3, -0.25) is 14.7 Å². The zero-order valence-corrected chi connectivity index (χ0v) is 23.1. The van der Waals surface area contributed by atoms with E-state index in [1.807, 2.05) is 85.8 Å². The Morgan fingerprint density at radius 2 is 1.52 bits per heavy atom. The Labute approximate surface area is 238 Å². The number of benzene rings is 3. The summed E-state index contributed by atoms with van der Waals surface area (Å²) in [6, 6.07) is 29.0. The van der Waals surface area contributed by atoms with Gasteiger partial charge in [0.25, 0.3) is 5.91 Å². The maximum atomic E-state index is 14.1. The van der Waals surface area contributed by atoms with Gasteiger partial charge in [-0.1, -0.05) is 103 Å². The van der Waals surface area contributed by atoms with Crippen LogP contribution >= 0.6 is 11.8 Å². The van der Waals surface area contributed by atoms with Gasteiger partial charge in [0.05, 0.1) is 18.3 Å². The molecule has 0 N–H and O–H groups in total. The third-order valence-corrected chi connectivity index (χ3v) is 8.68. The van der Waals surface area contributed by atoms with E-state index in [9.17, 15) is 9.59 Å². The monoisotopic (exact) mass is 553 g/mol. The van der Waals surface area contributed by atoms with Gasteiger partial charge in [0.2, 0.25) is 0 Å². The van der Waals surface area contributed by atoms with Crippen LogP contribution in [-0.2, 0) is 25.5 Å². The molecule has 8 heteroatoms. The number of β-lactam (4-membered cyclic amide) rings is 1. The molecule has 2 saturated heterocycles. The van der Waals surface area contributed by atoms with Crippen LogP contribution in [0.4, 0.5) is 0 Å². The minimum atomic E-state index is -0.615. The second-order valence-electron chi connectivity index (χ2n) is 9.99. The van der Waals surface area contributed by atoms with E-state index in [1.54, 1.807) is 16.7 Å². The van der Waals surface area contributed by atoms with Gasteiger partial charge < -0.3 is 14.4 Å². The summed E-state index contributed by atoms with van der Waals surface area (Å²) in [5.41, 5.74) is 3.87. The Morgan fingerprint density at radius 1 is 0.950 bits per heavy atom. The van der Waals surface area contributed by atoms with Gasteiger partial charge in [-0.2, -0.15) is 0 Å². The van der Waals surface area contributed by atoms with Crippen LogP contribution in [0.15, 0.2) is 107 Å². The van der Waals surface area contributed by atoms with E-state index in [0.29, 0.717) is 32.7 Å². The maximum Gasteiger partial charge on any atom is 0.357 e. The normalized spacial score (nSPS) is 20.9. The molecule has 0 saturated carbocycles. The molecule has 0 radical (unpaired) electrons. The fourth-order valence-corrected chi connectivity index (χ4v) is 6.65. The molecule has 3 aliphatic rings. The van der Waals surface area contributed by atoms with E-state index < -0.39 is 18.1 Å². The third kappa shape index (κ3) is 5.29. The molecule has 0 spiro atoms. The number of fused-ring (bicyclic) bond motifs is 1. The Balaban J connectivity index is 1.30. The van der Waals surface area contributed by atoms with Gasteiger partial charge in [-0.25, -0.2) is 4.79 Å². The molecule has 0 unspecified atom stereocenters. The number of ether oxygens (including phenoxy) is 2. The largest absolute Gasteiger partial charge is 0.448 e. The first-order valence-electron chi connectivity index (χ1n) is 13.5. The van der Waals surface area contributed by atoms with Crippen LogP contribution in [0.1, 0.15) is 29.7 Å². The van der Waals surface area contributed by atoms with Crippen LogP contribution in [0.25, 0.3) is 0 Å². The molecule has 0 aromatic heterocycles. The molecule has 0 bridgehead atoms. The summed E-state index contributed by atoms with van der Waals surface area (Å²) >= 11 is 1.56. The molecule has 1 amide bonds. The number of morpholine rings is 1. The van der Waals surface area contributed by atoms with E-state index in [1.165, 1.54) is 0 Å². The lowest BCUT2D eigenvalue weighted by atomic mass is 10.0. The molecule has 6 rings (SSSR count). The van der Waals surface area contributed by atoms with Crippen molar-refractivity contribution in [1.29, 1.82) is 0 Å². The summed E-state index contributed by atoms with van der Waals surface area (Å²) in [7, 11) is 0. The van der Waals surface area contributed by atoms with Gasteiger partial charge in [0, 0.05) is 25.2 Å². The lowest BCUT2D eigenvalue weighted by Crippen LogP contribution is -2.61. The van der Waals surface area contributed by atoms with Crippen molar-refractivity contribution >= 4 is 28.7 Å². The van der Waals surface area contributed by atoms with E-state index >= 15 is 0 Å². The predicted molar refractivity (Wildman–Crippen MR) is 156 cm³/mol. The second kappa shape index (κ2) is 11.7. The number of hydrogen-bond acceptors (Lipinski definition) is 7. The molecule has 204 valence electrons. The van der Waals surface area contributed by atoms with Crippen LogP contribution in [0.2, 0.25) is 0 Å². The van der Waals surface area contributed by atoms with Gasteiger partial charge in [-0.05, 0) is 23.6 Å². The number of hydrogen-bond donors (Lipinski definition) is 0. The van der Waals surface area contributed by atoms with Crippen molar-refractivity contribution in [3.8, 4) is 0 Å². The van der Waals surface area contributed by atoms with Gasteiger partial charge in [0.1, 0.15) is 11.1 Å². The molecule has 2 fully saturated rings. The predicted octanol–water partition coefficient (Wildman–Crippen LogP) is 4.81. The molecule has 7 nitrogen and oxygen atoms in total. The molecule has 3 aromatic carbocycles. The summed E-state index contributed by atoms with van der Waals surface area (Å²) in [4.78, 5) is 36.1. The van der Waals surface area contributed by atoms with Crippen LogP contribution < -0.4 is 0 Å². The van der Waals surface area contributed by atoms with Crippen molar-refractivity contribution in [3.63, 3.8) is 0 Å². The Bertz CT molecular complexity index is 1380. The number of aliphatic imine (C=N–C) groups is 1. The Hall–Kier alpha value is -3.88. The highest BCUT2D eigenvalue weighted by atomic mass is 32.2. The highest BCUT2D eigenvalue weighted by Gasteiger charge is 2.55. The molecule has 0 aliphatic carbocycles. The van der Waals surface area contributed by atoms with Crippen molar-refractivity contribution in [1.82, 2.24) is 9.80 Å². The quantitative estimate of drug-likeness (QED) is 0.227. The number of nitrogens with zero attached hydrogens (tertiary/aromatic N) is 3. The highest BCUT2D eigenvalue weighted by Crippen LogP contribution is 2.43. The van der Waals surface area contributed by atoms with E-state index in [2.05, 4.69) is 17.0 Å².